The molecular formula is C17H18ClF2NS. The van der Waals surface area contributed by atoms with Gasteiger partial charge < -0.3 is 4.90 Å². The SMILES string of the molecule is CC(C)N1CCCc2cc(-c3ccc(Cl)s3)c(C(F)F)cc21. The molecule has 1 aromatic heterocycles. The maximum Gasteiger partial charge on any atom is 0.264 e. The Hall–Kier alpha value is -1.13. The van der Waals surface area contributed by atoms with Crippen molar-refractivity contribution in [1.82, 2.24) is 0 Å². The molecule has 2 aromatic rings. The number of aryl methyl sites for hydroxylation is 1. The summed E-state index contributed by atoms with van der Waals surface area (Å²) in [5, 5.41) is 0. The van der Waals surface area contributed by atoms with E-state index in [4.69, 9.17) is 11.6 Å². The minimum Gasteiger partial charge on any atom is -0.369 e. The Balaban J connectivity index is 2.16. The summed E-state index contributed by atoms with van der Waals surface area (Å²) < 4.78 is 27.8. The zero-order valence-electron chi connectivity index (χ0n) is 12.6. The van der Waals surface area contributed by atoms with Crippen LogP contribution in [0.2, 0.25) is 4.34 Å². The number of anilines is 1. The molecule has 0 saturated heterocycles. The van der Waals surface area contributed by atoms with Crippen LogP contribution in [0.5, 0.6) is 0 Å². The molecule has 0 N–H and O–H groups in total. The van der Waals surface area contributed by atoms with Gasteiger partial charge in [-0.15, -0.1) is 11.3 Å². The number of fused-ring (bicyclic) bond motifs is 1. The molecule has 0 unspecified atom stereocenters. The highest BCUT2D eigenvalue weighted by Gasteiger charge is 2.24. The van der Waals surface area contributed by atoms with Gasteiger partial charge >= 0.3 is 0 Å². The molecule has 0 fully saturated rings. The highest BCUT2D eigenvalue weighted by molar-refractivity contribution is 7.19. The molecule has 0 aliphatic carbocycles. The van der Waals surface area contributed by atoms with Crippen molar-refractivity contribution in [2.45, 2.75) is 39.2 Å². The van der Waals surface area contributed by atoms with Gasteiger partial charge in [-0.2, -0.15) is 0 Å². The molecule has 22 heavy (non-hydrogen) atoms. The standard InChI is InChI=1S/C17H18ClF2NS/c1-10(2)21-7-3-4-11-8-12(15-5-6-16(18)22-15)13(17(19)20)9-14(11)21/h5-6,8-10,17H,3-4,7H2,1-2H3. The Labute approximate surface area is 138 Å². The molecule has 1 aromatic carbocycles. The topological polar surface area (TPSA) is 3.24 Å². The maximum absolute atomic E-state index is 13.6. The summed E-state index contributed by atoms with van der Waals surface area (Å²) >= 11 is 7.32. The third-order valence-corrected chi connectivity index (χ3v) is 5.37. The Kier molecular flexibility index (Phi) is 4.42. The van der Waals surface area contributed by atoms with E-state index in [0.29, 0.717) is 15.9 Å². The summed E-state index contributed by atoms with van der Waals surface area (Å²) in [5.74, 6) is 0. The van der Waals surface area contributed by atoms with Crippen LogP contribution in [0.25, 0.3) is 10.4 Å². The van der Waals surface area contributed by atoms with E-state index in [1.807, 2.05) is 12.1 Å². The summed E-state index contributed by atoms with van der Waals surface area (Å²) in [6.45, 7) is 5.13. The predicted molar refractivity (Wildman–Crippen MR) is 90.5 cm³/mol. The minimum absolute atomic E-state index is 0.102. The zero-order valence-corrected chi connectivity index (χ0v) is 14.1. The van der Waals surface area contributed by atoms with E-state index >= 15 is 0 Å². The van der Waals surface area contributed by atoms with Crippen LogP contribution in [0, 0.1) is 0 Å². The van der Waals surface area contributed by atoms with Gasteiger partial charge in [0.05, 0.1) is 4.34 Å². The molecule has 0 bridgehead atoms. The zero-order chi connectivity index (χ0) is 15.9. The van der Waals surface area contributed by atoms with Crippen molar-refractivity contribution in [3.63, 3.8) is 0 Å². The lowest BCUT2D eigenvalue weighted by molar-refractivity contribution is 0.152. The lowest BCUT2D eigenvalue weighted by Gasteiger charge is -2.35. The molecule has 0 amide bonds. The lowest BCUT2D eigenvalue weighted by atomic mass is 9.94. The van der Waals surface area contributed by atoms with Gasteiger partial charge in [0.15, 0.2) is 0 Å². The van der Waals surface area contributed by atoms with Crippen molar-refractivity contribution < 1.29 is 8.78 Å². The Bertz CT molecular complexity index is 681. The number of rotatable bonds is 3. The molecule has 0 saturated carbocycles. The van der Waals surface area contributed by atoms with Crippen molar-refractivity contribution in [3.8, 4) is 10.4 Å². The molecular weight excluding hydrogens is 324 g/mol. The van der Waals surface area contributed by atoms with Crippen LogP contribution in [0.1, 0.15) is 37.8 Å². The smallest absolute Gasteiger partial charge is 0.264 e. The van der Waals surface area contributed by atoms with E-state index < -0.39 is 6.43 Å². The normalized spacial score (nSPS) is 14.8. The van der Waals surface area contributed by atoms with Gasteiger partial charge in [-0.1, -0.05) is 11.6 Å². The number of hydrogen-bond donors (Lipinski definition) is 0. The van der Waals surface area contributed by atoms with Crippen molar-refractivity contribution >= 4 is 28.6 Å². The molecule has 1 aliphatic heterocycles. The molecule has 0 atom stereocenters. The van der Waals surface area contributed by atoms with Gasteiger partial charge in [0.1, 0.15) is 0 Å². The molecule has 3 rings (SSSR count). The fourth-order valence-corrected chi connectivity index (χ4v) is 4.15. The number of hydrogen-bond acceptors (Lipinski definition) is 2. The first kappa shape index (κ1) is 15.8. The Morgan fingerprint density at radius 1 is 1.23 bits per heavy atom. The molecule has 118 valence electrons. The largest absolute Gasteiger partial charge is 0.369 e. The van der Waals surface area contributed by atoms with E-state index in [1.54, 1.807) is 12.1 Å². The van der Waals surface area contributed by atoms with Crippen molar-refractivity contribution in [3.05, 3.63) is 39.7 Å². The summed E-state index contributed by atoms with van der Waals surface area (Å²) in [5.41, 5.74) is 2.84. The quantitative estimate of drug-likeness (QED) is 0.645. The molecule has 0 radical (unpaired) electrons. The monoisotopic (exact) mass is 341 g/mol. The number of halogens is 3. The van der Waals surface area contributed by atoms with Crippen molar-refractivity contribution in [1.29, 1.82) is 0 Å². The van der Waals surface area contributed by atoms with Crippen LogP contribution in [-0.2, 0) is 6.42 Å². The number of alkyl halides is 2. The highest BCUT2D eigenvalue weighted by Crippen LogP contribution is 2.42. The summed E-state index contributed by atoms with van der Waals surface area (Å²) in [4.78, 5) is 3.03. The van der Waals surface area contributed by atoms with E-state index in [-0.39, 0.29) is 5.56 Å². The van der Waals surface area contributed by atoms with Gasteiger partial charge in [-0.25, -0.2) is 8.78 Å². The average molecular weight is 342 g/mol. The average Bonchev–Trinajstić information content (AvgIpc) is 2.91. The van der Waals surface area contributed by atoms with E-state index in [9.17, 15) is 8.78 Å². The van der Waals surface area contributed by atoms with Gasteiger partial charge in [0.2, 0.25) is 0 Å². The second-order valence-electron chi connectivity index (χ2n) is 5.86. The van der Waals surface area contributed by atoms with Crippen LogP contribution >= 0.6 is 22.9 Å². The third kappa shape index (κ3) is 2.86. The fraction of sp³-hybridized carbons (Fsp3) is 0.412. The fourth-order valence-electron chi connectivity index (χ4n) is 3.07. The van der Waals surface area contributed by atoms with Crippen LogP contribution in [0.15, 0.2) is 24.3 Å². The van der Waals surface area contributed by atoms with Gasteiger partial charge in [-0.05, 0) is 56.5 Å². The van der Waals surface area contributed by atoms with Crippen LogP contribution in [0.3, 0.4) is 0 Å². The minimum atomic E-state index is -2.49. The number of thiophene rings is 1. The first-order valence-corrected chi connectivity index (χ1v) is 8.64. The summed E-state index contributed by atoms with van der Waals surface area (Å²) in [7, 11) is 0. The Morgan fingerprint density at radius 3 is 2.59 bits per heavy atom. The second-order valence-corrected chi connectivity index (χ2v) is 7.58. The molecule has 1 nitrogen and oxygen atoms in total. The number of benzene rings is 1. The van der Waals surface area contributed by atoms with E-state index in [1.165, 1.54) is 11.3 Å². The molecule has 2 heterocycles. The van der Waals surface area contributed by atoms with Gasteiger partial charge in [0.25, 0.3) is 6.43 Å². The summed E-state index contributed by atoms with van der Waals surface area (Å²) in [6, 6.07) is 7.52. The first-order chi connectivity index (χ1) is 10.5. The molecule has 1 aliphatic rings. The van der Waals surface area contributed by atoms with Crippen molar-refractivity contribution in [2.24, 2.45) is 0 Å². The first-order valence-electron chi connectivity index (χ1n) is 7.44. The van der Waals surface area contributed by atoms with Crippen molar-refractivity contribution in [2.75, 3.05) is 11.4 Å². The van der Waals surface area contributed by atoms with Gasteiger partial charge in [-0.3, -0.25) is 0 Å². The number of nitrogens with zero attached hydrogens (tertiary/aromatic N) is 1. The lowest BCUT2D eigenvalue weighted by Crippen LogP contribution is -2.35. The van der Waals surface area contributed by atoms with E-state index in [0.717, 1.165) is 35.5 Å². The maximum atomic E-state index is 13.6. The van der Waals surface area contributed by atoms with Crippen LogP contribution in [-0.4, -0.2) is 12.6 Å². The highest BCUT2D eigenvalue weighted by atomic mass is 35.5. The van der Waals surface area contributed by atoms with Gasteiger partial charge in [0, 0.05) is 34.3 Å². The third-order valence-electron chi connectivity index (χ3n) is 4.10. The molecule has 0 spiro atoms. The van der Waals surface area contributed by atoms with Crippen LogP contribution < -0.4 is 4.90 Å². The molecule has 5 heteroatoms. The summed E-state index contributed by atoms with van der Waals surface area (Å²) in [6.07, 6.45) is -0.491. The predicted octanol–water partition coefficient (Wildman–Crippen LogP) is 6.17. The van der Waals surface area contributed by atoms with Crippen LogP contribution in [0.4, 0.5) is 14.5 Å². The van der Waals surface area contributed by atoms with E-state index in [2.05, 4.69) is 18.7 Å². The Morgan fingerprint density at radius 2 is 2.00 bits per heavy atom. The second kappa shape index (κ2) is 6.17.